The van der Waals surface area contributed by atoms with Crippen LogP contribution in [0.2, 0.25) is 0 Å². The van der Waals surface area contributed by atoms with Crippen molar-refractivity contribution in [1.82, 2.24) is 4.98 Å². The summed E-state index contributed by atoms with van der Waals surface area (Å²) in [6.45, 7) is 4.77. The van der Waals surface area contributed by atoms with Crippen molar-refractivity contribution in [2.75, 3.05) is 7.11 Å². The van der Waals surface area contributed by atoms with Gasteiger partial charge in [-0.15, -0.1) is 11.3 Å². The first kappa shape index (κ1) is 14.0. The Morgan fingerprint density at radius 1 is 1.37 bits per heavy atom. The van der Waals surface area contributed by atoms with Crippen LogP contribution in [0.4, 0.5) is 0 Å². The van der Waals surface area contributed by atoms with Crippen molar-refractivity contribution in [1.29, 1.82) is 0 Å². The van der Waals surface area contributed by atoms with E-state index in [9.17, 15) is 0 Å². The summed E-state index contributed by atoms with van der Waals surface area (Å²) in [7, 11) is 1.70. The van der Waals surface area contributed by atoms with Gasteiger partial charge in [0.15, 0.2) is 0 Å². The smallest absolute Gasteiger partial charge is 0.129 e. The van der Waals surface area contributed by atoms with Crippen LogP contribution in [0.3, 0.4) is 0 Å². The van der Waals surface area contributed by atoms with E-state index in [1.807, 2.05) is 6.07 Å². The lowest BCUT2D eigenvalue weighted by Crippen LogP contribution is -1.97. The Bertz CT molecular complexity index is 563. The second-order valence-electron chi connectivity index (χ2n) is 4.55. The molecule has 0 aliphatic carbocycles. The van der Waals surface area contributed by atoms with Gasteiger partial charge >= 0.3 is 0 Å². The van der Waals surface area contributed by atoms with Gasteiger partial charge in [0.1, 0.15) is 10.8 Å². The van der Waals surface area contributed by atoms with Gasteiger partial charge < -0.3 is 10.5 Å². The van der Waals surface area contributed by atoms with Crippen LogP contribution in [0, 0.1) is 6.92 Å². The van der Waals surface area contributed by atoms with Gasteiger partial charge in [0.05, 0.1) is 18.4 Å². The minimum Gasteiger partial charge on any atom is -0.496 e. The molecule has 0 saturated heterocycles. The van der Waals surface area contributed by atoms with Gasteiger partial charge in [-0.2, -0.15) is 0 Å². The first-order valence-electron chi connectivity index (χ1n) is 6.53. The van der Waals surface area contributed by atoms with Crippen LogP contribution in [-0.4, -0.2) is 12.1 Å². The standard InChI is InChI=1S/C15H20N2OS/c1-4-5-12-14(9-16)19-15(17-12)11-7-6-10(2)8-13(11)18-3/h6-8H,4-5,9,16H2,1-3H3. The van der Waals surface area contributed by atoms with E-state index < -0.39 is 0 Å². The highest BCUT2D eigenvalue weighted by Crippen LogP contribution is 2.35. The fraction of sp³-hybridized carbons (Fsp3) is 0.400. The van der Waals surface area contributed by atoms with Crippen molar-refractivity contribution in [2.45, 2.75) is 33.2 Å². The summed E-state index contributed by atoms with van der Waals surface area (Å²) < 4.78 is 5.46. The number of methoxy groups -OCH3 is 1. The van der Waals surface area contributed by atoms with Crippen LogP contribution in [0.1, 0.15) is 29.5 Å². The average molecular weight is 276 g/mol. The Balaban J connectivity index is 2.46. The summed E-state index contributed by atoms with van der Waals surface area (Å²) in [5.74, 6) is 0.875. The van der Waals surface area contributed by atoms with Crippen LogP contribution in [0.5, 0.6) is 5.75 Å². The minimum atomic E-state index is 0.557. The summed E-state index contributed by atoms with van der Waals surface area (Å²) in [6, 6.07) is 6.20. The number of aromatic nitrogens is 1. The fourth-order valence-electron chi connectivity index (χ4n) is 2.07. The maximum atomic E-state index is 5.81. The zero-order chi connectivity index (χ0) is 13.8. The topological polar surface area (TPSA) is 48.1 Å². The van der Waals surface area contributed by atoms with Crippen LogP contribution in [0.25, 0.3) is 10.6 Å². The summed E-state index contributed by atoms with van der Waals surface area (Å²) in [5.41, 5.74) is 9.17. The summed E-state index contributed by atoms with van der Waals surface area (Å²) in [6.07, 6.45) is 2.07. The third-order valence-electron chi connectivity index (χ3n) is 3.04. The molecule has 2 rings (SSSR count). The lowest BCUT2D eigenvalue weighted by molar-refractivity contribution is 0.416. The number of nitrogens with zero attached hydrogens (tertiary/aromatic N) is 1. The normalized spacial score (nSPS) is 10.7. The van der Waals surface area contributed by atoms with Gasteiger partial charge in [0.25, 0.3) is 0 Å². The molecule has 4 heteroatoms. The van der Waals surface area contributed by atoms with Gasteiger partial charge in [-0.05, 0) is 31.0 Å². The van der Waals surface area contributed by atoms with Crippen LogP contribution in [0.15, 0.2) is 18.2 Å². The number of ether oxygens (including phenoxy) is 1. The van der Waals surface area contributed by atoms with Crippen molar-refractivity contribution in [3.05, 3.63) is 34.3 Å². The molecule has 0 atom stereocenters. The highest BCUT2D eigenvalue weighted by molar-refractivity contribution is 7.15. The monoisotopic (exact) mass is 276 g/mol. The third kappa shape index (κ3) is 2.96. The van der Waals surface area contributed by atoms with Gasteiger partial charge in [-0.1, -0.05) is 19.4 Å². The highest BCUT2D eigenvalue weighted by atomic mass is 32.1. The molecule has 0 spiro atoms. The molecule has 0 aliphatic heterocycles. The molecule has 0 aliphatic rings. The lowest BCUT2D eigenvalue weighted by Gasteiger charge is -2.06. The van der Waals surface area contributed by atoms with Crippen LogP contribution >= 0.6 is 11.3 Å². The van der Waals surface area contributed by atoms with E-state index in [4.69, 9.17) is 15.5 Å². The van der Waals surface area contributed by atoms with E-state index in [0.29, 0.717) is 6.54 Å². The highest BCUT2D eigenvalue weighted by Gasteiger charge is 2.14. The van der Waals surface area contributed by atoms with Crippen molar-refractivity contribution in [3.63, 3.8) is 0 Å². The van der Waals surface area contributed by atoms with Crippen molar-refractivity contribution >= 4 is 11.3 Å². The largest absolute Gasteiger partial charge is 0.496 e. The molecular weight excluding hydrogens is 256 g/mol. The van der Waals surface area contributed by atoms with E-state index in [1.54, 1.807) is 18.4 Å². The molecule has 0 radical (unpaired) electrons. The van der Waals surface area contributed by atoms with E-state index >= 15 is 0 Å². The maximum Gasteiger partial charge on any atom is 0.129 e. The first-order valence-corrected chi connectivity index (χ1v) is 7.34. The van der Waals surface area contributed by atoms with Crippen LogP contribution in [-0.2, 0) is 13.0 Å². The lowest BCUT2D eigenvalue weighted by atomic mass is 10.1. The number of hydrogen-bond donors (Lipinski definition) is 1. The SMILES string of the molecule is CCCc1nc(-c2ccc(C)cc2OC)sc1CN. The Morgan fingerprint density at radius 2 is 2.16 bits per heavy atom. The van der Waals surface area contributed by atoms with Gasteiger partial charge in [-0.3, -0.25) is 0 Å². The minimum absolute atomic E-state index is 0.557. The Hall–Kier alpha value is -1.39. The predicted octanol–water partition coefficient (Wildman–Crippen LogP) is 3.54. The Kier molecular flexibility index (Phi) is 4.56. The van der Waals surface area contributed by atoms with E-state index in [1.165, 1.54) is 10.4 Å². The molecule has 0 bridgehead atoms. The third-order valence-corrected chi connectivity index (χ3v) is 4.19. The van der Waals surface area contributed by atoms with Gasteiger partial charge in [0.2, 0.25) is 0 Å². The van der Waals surface area contributed by atoms with Crippen molar-refractivity contribution < 1.29 is 4.74 Å². The molecule has 19 heavy (non-hydrogen) atoms. The Labute approximate surface area is 118 Å². The fourth-order valence-corrected chi connectivity index (χ4v) is 3.08. The van der Waals surface area contributed by atoms with E-state index in [-0.39, 0.29) is 0 Å². The molecule has 0 unspecified atom stereocenters. The molecule has 2 aromatic rings. The molecule has 2 N–H and O–H groups in total. The summed E-state index contributed by atoms with van der Waals surface area (Å²) >= 11 is 1.67. The number of aryl methyl sites for hydroxylation is 2. The number of hydrogen-bond acceptors (Lipinski definition) is 4. The average Bonchev–Trinajstić information content (AvgIpc) is 2.82. The van der Waals surface area contributed by atoms with E-state index in [2.05, 4.69) is 26.0 Å². The van der Waals surface area contributed by atoms with Crippen molar-refractivity contribution in [2.24, 2.45) is 5.73 Å². The predicted molar refractivity (Wildman–Crippen MR) is 80.7 cm³/mol. The molecule has 1 aromatic heterocycles. The Morgan fingerprint density at radius 3 is 2.79 bits per heavy atom. The second kappa shape index (κ2) is 6.17. The van der Waals surface area contributed by atoms with Crippen LogP contribution < -0.4 is 10.5 Å². The molecule has 0 amide bonds. The number of thiazole rings is 1. The number of rotatable bonds is 5. The number of benzene rings is 1. The second-order valence-corrected chi connectivity index (χ2v) is 5.63. The zero-order valence-electron chi connectivity index (χ0n) is 11.7. The van der Waals surface area contributed by atoms with Gasteiger partial charge in [-0.25, -0.2) is 4.98 Å². The molecule has 0 fully saturated rings. The van der Waals surface area contributed by atoms with Gasteiger partial charge in [0, 0.05) is 11.4 Å². The van der Waals surface area contributed by atoms with Crippen molar-refractivity contribution in [3.8, 4) is 16.3 Å². The number of nitrogens with two attached hydrogens (primary N) is 1. The molecule has 102 valence electrons. The molecule has 1 heterocycles. The first-order chi connectivity index (χ1) is 9.19. The molecule has 1 aromatic carbocycles. The molecular formula is C15H20N2OS. The quantitative estimate of drug-likeness (QED) is 0.908. The summed E-state index contributed by atoms with van der Waals surface area (Å²) in [5, 5.41) is 1.00. The maximum absolute atomic E-state index is 5.81. The molecule has 0 saturated carbocycles. The molecule has 3 nitrogen and oxygen atoms in total. The van der Waals surface area contributed by atoms with E-state index in [0.717, 1.165) is 34.9 Å². The summed E-state index contributed by atoms with van der Waals surface area (Å²) in [4.78, 5) is 5.92. The zero-order valence-corrected chi connectivity index (χ0v) is 12.5.